The maximum atomic E-state index is 13.4. The minimum atomic E-state index is -0.901. The molecule has 6 heteroatoms. The Labute approximate surface area is 197 Å². The Balaban J connectivity index is 1.90. The molecule has 1 aliphatic carbocycles. The van der Waals surface area contributed by atoms with Crippen LogP contribution >= 0.6 is 0 Å². The van der Waals surface area contributed by atoms with E-state index in [4.69, 9.17) is 14.2 Å². The smallest absolute Gasteiger partial charge is 0.254 e. The van der Waals surface area contributed by atoms with Gasteiger partial charge in [-0.1, -0.05) is 25.3 Å². The first-order valence-electron chi connectivity index (χ1n) is 11.7. The molecule has 180 valence electrons. The van der Waals surface area contributed by atoms with Crippen LogP contribution in [0.5, 0.6) is 17.2 Å². The van der Waals surface area contributed by atoms with Crippen molar-refractivity contribution in [3.05, 3.63) is 52.6 Å². The predicted molar refractivity (Wildman–Crippen MR) is 130 cm³/mol. The van der Waals surface area contributed by atoms with Gasteiger partial charge in [0.25, 0.3) is 5.91 Å². The molecule has 2 aromatic rings. The number of hydrogen-bond acceptors (Lipinski definition) is 5. The molecule has 0 spiro atoms. The third kappa shape index (κ3) is 5.27. The molecule has 0 aromatic heterocycles. The monoisotopic (exact) mass is 455 g/mol. The number of nitrogens with zero attached hydrogens (tertiary/aromatic N) is 1. The fourth-order valence-corrected chi connectivity index (χ4v) is 4.88. The number of rotatable bonds is 8. The Morgan fingerprint density at radius 3 is 2.06 bits per heavy atom. The molecular formula is C27H37NO5. The van der Waals surface area contributed by atoms with Crippen LogP contribution in [0.15, 0.2) is 30.3 Å². The number of methoxy groups -OCH3 is 3. The van der Waals surface area contributed by atoms with Gasteiger partial charge in [0.1, 0.15) is 6.10 Å². The van der Waals surface area contributed by atoms with E-state index in [1.54, 1.807) is 33.5 Å². The van der Waals surface area contributed by atoms with Gasteiger partial charge in [-0.15, -0.1) is 0 Å². The van der Waals surface area contributed by atoms with Crippen molar-refractivity contribution < 1.29 is 24.1 Å². The average molecular weight is 456 g/mol. The maximum absolute atomic E-state index is 13.4. The summed E-state index contributed by atoms with van der Waals surface area (Å²) in [5.74, 6) is 1.50. The SMILES string of the molecule is COc1cc(C(O)c2ccc(C(=O)N(C(C)C)C3CCCCC3)cc2C)cc(OC)c1OC. The number of carbonyl (C=O) groups is 1. The van der Waals surface area contributed by atoms with E-state index in [0.29, 0.717) is 34.4 Å². The Bertz CT molecular complexity index is 940. The molecule has 0 heterocycles. The number of aliphatic hydroxyl groups excluding tert-OH is 1. The molecular weight excluding hydrogens is 418 g/mol. The number of aryl methyl sites for hydroxylation is 1. The van der Waals surface area contributed by atoms with Gasteiger partial charge in [-0.25, -0.2) is 0 Å². The number of benzene rings is 2. The molecule has 33 heavy (non-hydrogen) atoms. The van der Waals surface area contributed by atoms with Gasteiger partial charge < -0.3 is 24.2 Å². The van der Waals surface area contributed by atoms with Crippen molar-refractivity contribution in [3.63, 3.8) is 0 Å². The van der Waals surface area contributed by atoms with Crippen molar-refractivity contribution in [2.24, 2.45) is 0 Å². The van der Waals surface area contributed by atoms with Crippen LogP contribution < -0.4 is 14.2 Å². The first kappa shape index (κ1) is 24.9. The summed E-state index contributed by atoms with van der Waals surface area (Å²) < 4.78 is 16.2. The topological polar surface area (TPSA) is 68.2 Å². The Morgan fingerprint density at radius 2 is 1.58 bits per heavy atom. The molecule has 3 rings (SSSR count). The lowest BCUT2D eigenvalue weighted by Crippen LogP contribution is -2.45. The van der Waals surface area contributed by atoms with Crippen LogP contribution in [0.1, 0.15) is 79.1 Å². The molecule has 1 atom stereocenters. The van der Waals surface area contributed by atoms with Crippen molar-refractivity contribution in [1.82, 2.24) is 4.90 Å². The maximum Gasteiger partial charge on any atom is 0.254 e. The second kappa shape index (κ2) is 10.9. The van der Waals surface area contributed by atoms with Crippen LogP contribution in [-0.4, -0.2) is 49.3 Å². The molecule has 1 fully saturated rings. The predicted octanol–water partition coefficient (Wildman–Crippen LogP) is 5.29. The molecule has 0 aliphatic heterocycles. The number of amides is 1. The zero-order valence-corrected chi connectivity index (χ0v) is 20.7. The second-order valence-corrected chi connectivity index (χ2v) is 9.03. The summed E-state index contributed by atoms with van der Waals surface area (Å²) in [6.07, 6.45) is 4.85. The molecule has 1 amide bonds. The molecule has 0 radical (unpaired) electrons. The molecule has 6 nitrogen and oxygen atoms in total. The minimum Gasteiger partial charge on any atom is -0.493 e. The summed E-state index contributed by atoms with van der Waals surface area (Å²) in [4.78, 5) is 15.5. The van der Waals surface area contributed by atoms with E-state index in [2.05, 4.69) is 13.8 Å². The molecule has 2 aromatic carbocycles. The van der Waals surface area contributed by atoms with Gasteiger partial charge in [0, 0.05) is 17.6 Å². The number of hydrogen-bond donors (Lipinski definition) is 1. The lowest BCUT2D eigenvalue weighted by molar-refractivity contribution is 0.0555. The standard InChI is InChI=1S/C27H37NO5/c1-17(2)28(21-10-8-7-9-11-21)27(30)19-12-13-22(18(3)14-19)25(29)20-15-23(31-4)26(33-6)24(16-20)32-5/h12-17,21,25,29H,7-11H2,1-6H3. The quantitative estimate of drug-likeness (QED) is 0.586. The van der Waals surface area contributed by atoms with E-state index in [9.17, 15) is 9.90 Å². The molecule has 0 saturated heterocycles. The number of ether oxygens (including phenoxy) is 3. The Hall–Kier alpha value is -2.73. The number of aliphatic hydroxyl groups is 1. The minimum absolute atomic E-state index is 0.0637. The molecule has 1 unspecified atom stereocenters. The van der Waals surface area contributed by atoms with Crippen LogP contribution in [0.3, 0.4) is 0 Å². The van der Waals surface area contributed by atoms with Crippen LogP contribution in [-0.2, 0) is 0 Å². The highest BCUT2D eigenvalue weighted by atomic mass is 16.5. The van der Waals surface area contributed by atoms with Crippen LogP contribution in [0.25, 0.3) is 0 Å². The van der Waals surface area contributed by atoms with Crippen LogP contribution in [0.4, 0.5) is 0 Å². The van der Waals surface area contributed by atoms with E-state index < -0.39 is 6.10 Å². The van der Waals surface area contributed by atoms with Crippen molar-refractivity contribution in [3.8, 4) is 17.2 Å². The van der Waals surface area contributed by atoms with Gasteiger partial charge in [-0.2, -0.15) is 0 Å². The van der Waals surface area contributed by atoms with Gasteiger partial charge in [-0.3, -0.25) is 4.79 Å². The van der Waals surface area contributed by atoms with E-state index in [1.807, 2.05) is 30.0 Å². The van der Waals surface area contributed by atoms with E-state index in [0.717, 1.165) is 24.0 Å². The van der Waals surface area contributed by atoms with Crippen LogP contribution in [0, 0.1) is 6.92 Å². The summed E-state index contributed by atoms with van der Waals surface area (Å²) in [6, 6.07) is 9.49. The van der Waals surface area contributed by atoms with Gasteiger partial charge >= 0.3 is 0 Å². The fraction of sp³-hybridized carbons (Fsp3) is 0.519. The van der Waals surface area contributed by atoms with Gasteiger partial charge in [0.15, 0.2) is 11.5 Å². The lowest BCUT2D eigenvalue weighted by Gasteiger charge is -2.37. The highest BCUT2D eigenvalue weighted by molar-refractivity contribution is 5.95. The third-order valence-corrected chi connectivity index (χ3v) is 6.57. The van der Waals surface area contributed by atoms with Crippen LogP contribution in [0.2, 0.25) is 0 Å². The average Bonchev–Trinajstić information content (AvgIpc) is 2.83. The molecule has 1 N–H and O–H groups in total. The summed E-state index contributed by atoms with van der Waals surface area (Å²) in [6.45, 7) is 6.09. The number of carbonyl (C=O) groups excluding carboxylic acids is 1. The first-order chi connectivity index (χ1) is 15.8. The largest absolute Gasteiger partial charge is 0.493 e. The van der Waals surface area contributed by atoms with Crippen molar-refractivity contribution in [1.29, 1.82) is 0 Å². The second-order valence-electron chi connectivity index (χ2n) is 9.03. The molecule has 1 aliphatic rings. The fourth-order valence-electron chi connectivity index (χ4n) is 4.88. The zero-order valence-electron chi connectivity index (χ0n) is 20.7. The highest BCUT2D eigenvalue weighted by Gasteiger charge is 2.29. The Kier molecular flexibility index (Phi) is 8.25. The van der Waals surface area contributed by atoms with Gasteiger partial charge in [0.2, 0.25) is 5.75 Å². The van der Waals surface area contributed by atoms with E-state index >= 15 is 0 Å². The van der Waals surface area contributed by atoms with Gasteiger partial charge in [0.05, 0.1) is 21.3 Å². The van der Waals surface area contributed by atoms with E-state index in [-0.39, 0.29) is 11.9 Å². The Morgan fingerprint density at radius 1 is 0.970 bits per heavy atom. The normalized spacial score (nSPS) is 15.3. The lowest BCUT2D eigenvalue weighted by atomic mass is 9.92. The zero-order chi connectivity index (χ0) is 24.1. The molecule has 1 saturated carbocycles. The van der Waals surface area contributed by atoms with Crippen molar-refractivity contribution in [2.75, 3.05) is 21.3 Å². The first-order valence-corrected chi connectivity index (χ1v) is 11.7. The summed E-state index contributed by atoms with van der Waals surface area (Å²) in [5.41, 5.74) is 2.87. The van der Waals surface area contributed by atoms with E-state index in [1.165, 1.54) is 19.3 Å². The van der Waals surface area contributed by atoms with Crippen molar-refractivity contribution >= 4 is 5.91 Å². The summed E-state index contributed by atoms with van der Waals surface area (Å²) >= 11 is 0. The highest BCUT2D eigenvalue weighted by Crippen LogP contribution is 2.41. The summed E-state index contributed by atoms with van der Waals surface area (Å²) in [7, 11) is 4.64. The molecule has 0 bridgehead atoms. The summed E-state index contributed by atoms with van der Waals surface area (Å²) in [5, 5.41) is 11.2. The van der Waals surface area contributed by atoms with Gasteiger partial charge in [-0.05, 0) is 74.6 Å². The van der Waals surface area contributed by atoms with Crippen molar-refractivity contribution in [2.45, 2.75) is 71.1 Å². The third-order valence-electron chi connectivity index (χ3n) is 6.57.